The third kappa shape index (κ3) is 3.00. The van der Waals surface area contributed by atoms with Crippen molar-refractivity contribution in [1.82, 2.24) is 10.4 Å². The molecule has 5 nitrogen and oxygen atoms in total. The van der Waals surface area contributed by atoms with E-state index in [1.54, 1.807) is 30.5 Å². The molecule has 3 rings (SSSR count). The summed E-state index contributed by atoms with van der Waals surface area (Å²) in [6.07, 6.45) is 3.13. The topological polar surface area (TPSA) is 74.2 Å². The number of carbonyl (C=O) groups is 1. The van der Waals surface area contributed by atoms with Crippen LogP contribution in [0.3, 0.4) is 0 Å². The molecule has 0 radical (unpaired) electrons. The maximum Gasteiger partial charge on any atom is 0.248 e. The largest absolute Gasteiger partial charge is 0.508 e. The summed E-state index contributed by atoms with van der Waals surface area (Å²) in [5.41, 5.74) is 6.29. The van der Waals surface area contributed by atoms with Gasteiger partial charge in [-0.05, 0) is 42.7 Å². The number of carbonyl (C=O) groups excluding carboxylic acids is 1. The van der Waals surface area contributed by atoms with Gasteiger partial charge in [0, 0.05) is 11.2 Å². The molecule has 0 unspecified atom stereocenters. The van der Waals surface area contributed by atoms with E-state index < -0.39 is 5.41 Å². The van der Waals surface area contributed by atoms with Gasteiger partial charge in [0.2, 0.25) is 5.91 Å². The van der Waals surface area contributed by atoms with Crippen LogP contribution < -0.4 is 10.9 Å². The highest BCUT2D eigenvalue weighted by Gasteiger charge is 2.51. The lowest BCUT2D eigenvalue weighted by molar-refractivity contribution is -0.123. The molecule has 118 valence electrons. The summed E-state index contributed by atoms with van der Waals surface area (Å²) in [7, 11) is 0. The van der Waals surface area contributed by atoms with E-state index in [4.69, 9.17) is 11.6 Å². The van der Waals surface area contributed by atoms with Gasteiger partial charge in [-0.25, -0.2) is 4.98 Å². The van der Waals surface area contributed by atoms with Crippen LogP contribution in [0, 0.1) is 0 Å². The van der Waals surface area contributed by atoms with E-state index >= 15 is 0 Å². The van der Waals surface area contributed by atoms with E-state index in [2.05, 4.69) is 22.4 Å². The normalized spacial score (nSPS) is 14.8. The summed E-state index contributed by atoms with van der Waals surface area (Å²) in [4.78, 5) is 16.6. The monoisotopic (exact) mass is 329 g/mol. The third-order valence-electron chi connectivity index (χ3n) is 3.99. The van der Waals surface area contributed by atoms with E-state index in [1.807, 2.05) is 12.1 Å². The van der Waals surface area contributed by atoms with Crippen LogP contribution in [0.5, 0.6) is 0 Å². The van der Waals surface area contributed by atoms with Crippen LogP contribution in [-0.4, -0.2) is 16.0 Å². The molecule has 1 amide bonds. The lowest BCUT2D eigenvalue weighted by Crippen LogP contribution is -2.38. The Kier molecular flexibility index (Phi) is 3.96. The Morgan fingerprint density at radius 2 is 1.96 bits per heavy atom. The van der Waals surface area contributed by atoms with Crippen LogP contribution in [0.15, 0.2) is 49.2 Å². The first-order valence-electron chi connectivity index (χ1n) is 7.19. The maximum absolute atomic E-state index is 12.5. The molecule has 3 N–H and O–H groups in total. The van der Waals surface area contributed by atoms with Crippen molar-refractivity contribution in [3.63, 3.8) is 0 Å². The summed E-state index contributed by atoms with van der Waals surface area (Å²) < 4.78 is 0. The highest BCUT2D eigenvalue weighted by molar-refractivity contribution is 6.30. The molecule has 23 heavy (non-hydrogen) atoms. The van der Waals surface area contributed by atoms with Crippen LogP contribution in [-0.2, 0) is 10.2 Å². The number of halogens is 1. The molecule has 0 atom stereocenters. The molecule has 1 heterocycles. The fraction of sp³-hybridized carbons (Fsp3) is 0.176. The summed E-state index contributed by atoms with van der Waals surface area (Å²) >= 11 is 5.90. The molecule has 1 aliphatic carbocycles. The van der Waals surface area contributed by atoms with Gasteiger partial charge in [0.05, 0.1) is 11.0 Å². The minimum absolute atomic E-state index is 0.117. The van der Waals surface area contributed by atoms with Gasteiger partial charge in [-0.3, -0.25) is 15.6 Å². The first kappa shape index (κ1) is 15.4. The number of nitrogens with zero attached hydrogens (tertiary/aromatic N) is 1. The Labute approximate surface area is 139 Å². The molecule has 2 aromatic rings. The number of hydrogen-bond donors (Lipinski definition) is 3. The van der Waals surface area contributed by atoms with Gasteiger partial charge < -0.3 is 5.11 Å². The lowest BCUT2D eigenvalue weighted by atomic mass is 9.95. The Bertz CT molecular complexity index is 755. The maximum atomic E-state index is 12.5. The summed E-state index contributed by atoms with van der Waals surface area (Å²) in [6.45, 7) is 3.48. The minimum Gasteiger partial charge on any atom is -0.508 e. The number of amides is 1. The van der Waals surface area contributed by atoms with Gasteiger partial charge in [-0.15, -0.1) is 0 Å². The minimum atomic E-state index is -0.525. The standard InChI is InChI=1S/C17H16ClN3O2/c1-11(22)14-3-2-10-19-15(14)20-21-16(23)17(8-9-17)12-4-6-13(18)7-5-12/h2-7,10,22H,1,8-9H2,(H,19,20)(H,21,23). The molecule has 6 heteroatoms. The van der Waals surface area contributed by atoms with Crippen molar-refractivity contribution in [3.05, 3.63) is 65.3 Å². The predicted molar refractivity (Wildman–Crippen MR) is 90.0 cm³/mol. The molecule has 0 bridgehead atoms. The fourth-order valence-electron chi connectivity index (χ4n) is 2.51. The number of hydrazine groups is 1. The molecule has 1 saturated carbocycles. The number of anilines is 1. The van der Waals surface area contributed by atoms with Crippen molar-refractivity contribution in [3.8, 4) is 0 Å². The Hall–Kier alpha value is -2.53. The SMILES string of the molecule is C=C(O)c1cccnc1NNC(=O)C1(c2ccc(Cl)cc2)CC1. The van der Waals surface area contributed by atoms with Crippen molar-refractivity contribution in [1.29, 1.82) is 0 Å². The van der Waals surface area contributed by atoms with Crippen LogP contribution in [0.1, 0.15) is 24.0 Å². The van der Waals surface area contributed by atoms with E-state index in [1.165, 1.54) is 0 Å². The predicted octanol–water partition coefficient (Wildman–Crippen LogP) is 3.44. The number of aliphatic hydroxyl groups excluding tert-OH is 1. The van der Waals surface area contributed by atoms with Crippen LogP contribution >= 0.6 is 11.6 Å². The van der Waals surface area contributed by atoms with E-state index in [9.17, 15) is 9.90 Å². The van der Waals surface area contributed by atoms with Crippen molar-refractivity contribution in [2.75, 3.05) is 5.43 Å². The van der Waals surface area contributed by atoms with Crippen molar-refractivity contribution < 1.29 is 9.90 Å². The second kappa shape index (κ2) is 5.93. The van der Waals surface area contributed by atoms with Gasteiger partial charge >= 0.3 is 0 Å². The number of hydrogen-bond acceptors (Lipinski definition) is 4. The quantitative estimate of drug-likeness (QED) is 0.580. The molecular weight excluding hydrogens is 314 g/mol. The van der Waals surface area contributed by atoms with Gasteiger partial charge in [-0.1, -0.05) is 30.3 Å². The van der Waals surface area contributed by atoms with Crippen LogP contribution in [0.2, 0.25) is 5.02 Å². The average Bonchev–Trinajstić information content (AvgIpc) is 3.35. The van der Waals surface area contributed by atoms with Crippen molar-refractivity contribution >= 4 is 29.1 Å². The van der Waals surface area contributed by atoms with Crippen LogP contribution in [0.4, 0.5) is 5.82 Å². The first-order chi connectivity index (χ1) is 11.0. The molecule has 0 spiro atoms. The van der Waals surface area contributed by atoms with Gasteiger partial charge in [-0.2, -0.15) is 0 Å². The van der Waals surface area contributed by atoms with Crippen molar-refractivity contribution in [2.45, 2.75) is 18.3 Å². The second-order valence-corrected chi connectivity index (χ2v) is 5.95. The molecule has 0 aliphatic heterocycles. The fourth-order valence-corrected chi connectivity index (χ4v) is 2.64. The zero-order chi connectivity index (χ0) is 16.4. The second-order valence-electron chi connectivity index (χ2n) is 5.51. The van der Waals surface area contributed by atoms with Gasteiger partial charge in [0.1, 0.15) is 5.76 Å². The third-order valence-corrected chi connectivity index (χ3v) is 4.25. The molecule has 1 aromatic carbocycles. The Balaban J connectivity index is 1.73. The molecule has 0 saturated heterocycles. The van der Waals surface area contributed by atoms with E-state index in [0.717, 1.165) is 18.4 Å². The summed E-state index contributed by atoms with van der Waals surface area (Å²) in [5, 5.41) is 10.2. The van der Waals surface area contributed by atoms with E-state index in [-0.39, 0.29) is 11.7 Å². The molecule has 1 aromatic heterocycles. The van der Waals surface area contributed by atoms with Crippen LogP contribution in [0.25, 0.3) is 5.76 Å². The van der Waals surface area contributed by atoms with Crippen molar-refractivity contribution in [2.24, 2.45) is 0 Å². The lowest BCUT2D eigenvalue weighted by Gasteiger charge is -2.17. The van der Waals surface area contributed by atoms with E-state index in [0.29, 0.717) is 16.4 Å². The average molecular weight is 330 g/mol. The zero-order valence-electron chi connectivity index (χ0n) is 12.3. The summed E-state index contributed by atoms with van der Waals surface area (Å²) in [6, 6.07) is 10.7. The number of rotatable bonds is 5. The number of pyridine rings is 1. The highest BCUT2D eigenvalue weighted by atomic mass is 35.5. The molecular formula is C17H16ClN3O2. The zero-order valence-corrected chi connectivity index (χ0v) is 13.1. The Morgan fingerprint density at radius 3 is 2.57 bits per heavy atom. The highest BCUT2D eigenvalue weighted by Crippen LogP contribution is 2.48. The number of aliphatic hydroxyl groups is 1. The molecule has 1 aliphatic rings. The first-order valence-corrected chi connectivity index (χ1v) is 7.56. The molecule has 1 fully saturated rings. The van der Waals surface area contributed by atoms with Gasteiger partial charge in [0.25, 0.3) is 0 Å². The smallest absolute Gasteiger partial charge is 0.248 e. The Morgan fingerprint density at radius 1 is 1.26 bits per heavy atom. The van der Waals surface area contributed by atoms with Gasteiger partial charge in [0.15, 0.2) is 5.82 Å². The number of aromatic nitrogens is 1. The number of benzene rings is 1. The summed E-state index contributed by atoms with van der Waals surface area (Å²) in [5.74, 6) is 0.0916. The number of nitrogens with one attached hydrogen (secondary N) is 2.